The number of rotatable bonds is 10. The smallest absolute Gasteiger partial charge is 0.357 e. The fraction of sp³-hybridized carbons (Fsp3) is 0.333. The molecule has 0 heterocycles. The van der Waals surface area contributed by atoms with Gasteiger partial charge in [-0.2, -0.15) is 8.78 Å². The van der Waals surface area contributed by atoms with E-state index >= 15 is 0 Å². The molecule has 0 aliphatic heterocycles. The first-order valence-electron chi connectivity index (χ1n) is 9.85. The van der Waals surface area contributed by atoms with Crippen molar-refractivity contribution in [2.24, 2.45) is 11.5 Å². The van der Waals surface area contributed by atoms with Gasteiger partial charge in [-0.1, -0.05) is 13.8 Å². The molecule has 2 rings (SSSR count). The molecule has 8 nitrogen and oxygen atoms in total. The number of carbonyl (C=O) groups is 2. The van der Waals surface area contributed by atoms with Crippen LogP contribution in [0.15, 0.2) is 30.3 Å². The average Bonchev–Trinajstić information content (AvgIpc) is 2.72. The number of hydrogen-bond acceptors (Lipinski definition) is 6. The van der Waals surface area contributed by atoms with E-state index in [0.717, 1.165) is 18.2 Å². The topological polar surface area (TPSA) is 162 Å². The lowest BCUT2D eigenvalue weighted by Crippen LogP contribution is -2.46. The molecule has 2 amide bonds. The first-order valence-corrected chi connectivity index (χ1v) is 9.85. The van der Waals surface area contributed by atoms with Gasteiger partial charge in [-0.15, -0.1) is 0 Å². The van der Waals surface area contributed by atoms with E-state index in [9.17, 15) is 27.2 Å². The maximum atomic E-state index is 14.5. The van der Waals surface area contributed by atoms with Crippen LogP contribution in [0.5, 0.6) is 0 Å². The predicted octanol–water partition coefficient (Wildman–Crippen LogP) is 2.97. The van der Waals surface area contributed by atoms with Gasteiger partial charge in [0.1, 0.15) is 0 Å². The molecule has 0 aromatic heterocycles. The van der Waals surface area contributed by atoms with Crippen LogP contribution in [0.3, 0.4) is 0 Å². The molecular formula is C21H26F4N6O2. The summed E-state index contributed by atoms with van der Waals surface area (Å²) in [6.45, 7) is 2.69. The summed E-state index contributed by atoms with van der Waals surface area (Å²) in [5.74, 6) is -1.75. The van der Waals surface area contributed by atoms with Gasteiger partial charge in [0.2, 0.25) is 18.0 Å². The fourth-order valence-electron chi connectivity index (χ4n) is 3.10. The Labute approximate surface area is 187 Å². The molecule has 0 aliphatic rings. The lowest BCUT2D eigenvalue weighted by molar-refractivity contribution is -0.0735. The Bertz CT molecular complexity index is 1050. The molecule has 0 fully saturated rings. The molecule has 10 N–H and O–H groups in total. The minimum absolute atomic E-state index is 0.0322. The highest BCUT2D eigenvalue weighted by molar-refractivity contribution is 5.96. The standard InChI is InChI=1S/C21H26F4N6O2/c1-9(2)12-5-11(20(29)33)7-15(27)17(12)30-8-13(22)18(23)21(24,25)31-16-4-3-10(19(28)32)6-14(16)26/h3-7,9,13,18,30-31H,8,26-27H2,1-2H3,(H2,28,32)(H2,29,33). The van der Waals surface area contributed by atoms with E-state index < -0.39 is 42.4 Å². The molecule has 0 aliphatic carbocycles. The Hall–Kier alpha value is -3.70. The number of nitrogens with two attached hydrogens (primary N) is 4. The molecule has 0 saturated heterocycles. The summed E-state index contributed by atoms with van der Waals surface area (Å²) in [6.07, 6.45) is -5.93. The normalized spacial score (nSPS) is 13.4. The Morgan fingerprint density at radius 1 is 0.970 bits per heavy atom. The molecule has 0 spiro atoms. The van der Waals surface area contributed by atoms with E-state index in [1.807, 2.05) is 0 Å². The van der Waals surface area contributed by atoms with E-state index in [0.29, 0.717) is 5.56 Å². The number of anilines is 4. The van der Waals surface area contributed by atoms with E-state index in [-0.39, 0.29) is 34.1 Å². The predicted molar refractivity (Wildman–Crippen MR) is 120 cm³/mol. The average molecular weight is 470 g/mol. The number of nitrogen functional groups attached to an aromatic ring is 2. The number of alkyl halides is 4. The van der Waals surface area contributed by atoms with E-state index in [4.69, 9.17) is 22.9 Å². The van der Waals surface area contributed by atoms with Crippen molar-refractivity contribution in [3.63, 3.8) is 0 Å². The Kier molecular flexibility index (Phi) is 7.62. The molecule has 2 aromatic rings. The Balaban J connectivity index is 2.16. The summed E-state index contributed by atoms with van der Waals surface area (Å²) >= 11 is 0. The lowest BCUT2D eigenvalue weighted by atomic mass is 9.96. The lowest BCUT2D eigenvalue weighted by Gasteiger charge is -2.26. The number of nitrogens with one attached hydrogen (secondary N) is 2. The number of halogens is 4. The van der Waals surface area contributed by atoms with Crippen molar-refractivity contribution >= 4 is 34.6 Å². The van der Waals surface area contributed by atoms with Gasteiger partial charge in [0.25, 0.3) is 0 Å². The summed E-state index contributed by atoms with van der Waals surface area (Å²) in [4.78, 5) is 22.6. The molecule has 0 radical (unpaired) electrons. The third kappa shape index (κ3) is 5.96. The molecular weight excluding hydrogens is 444 g/mol. The Morgan fingerprint density at radius 2 is 1.55 bits per heavy atom. The number of hydrogen-bond donors (Lipinski definition) is 6. The van der Waals surface area contributed by atoms with Crippen LogP contribution in [0.1, 0.15) is 46.0 Å². The van der Waals surface area contributed by atoms with E-state index in [1.54, 1.807) is 19.2 Å². The highest BCUT2D eigenvalue weighted by Gasteiger charge is 2.46. The summed E-state index contributed by atoms with van der Waals surface area (Å²) in [7, 11) is 0. The van der Waals surface area contributed by atoms with Gasteiger partial charge in [-0.25, -0.2) is 8.78 Å². The quantitative estimate of drug-likeness (QED) is 0.178. The maximum Gasteiger partial charge on any atom is 0.357 e. The van der Waals surface area contributed by atoms with Gasteiger partial charge in [-0.3, -0.25) is 9.59 Å². The van der Waals surface area contributed by atoms with Crippen molar-refractivity contribution in [3.8, 4) is 0 Å². The van der Waals surface area contributed by atoms with Gasteiger partial charge in [0.15, 0.2) is 6.17 Å². The second kappa shape index (κ2) is 9.84. The molecule has 2 aromatic carbocycles. The van der Waals surface area contributed by atoms with E-state index in [1.165, 1.54) is 12.1 Å². The third-order valence-electron chi connectivity index (χ3n) is 4.88. The minimum Gasteiger partial charge on any atom is -0.397 e. The number of benzene rings is 2. The van der Waals surface area contributed by atoms with Crippen molar-refractivity contribution in [2.45, 2.75) is 38.2 Å². The van der Waals surface area contributed by atoms with Crippen LogP contribution in [0.2, 0.25) is 0 Å². The first-order chi connectivity index (χ1) is 15.2. The van der Waals surface area contributed by atoms with Crippen molar-refractivity contribution in [1.82, 2.24) is 0 Å². The van der Waals surface area contributed by atoms with Crippen molar-refractivity contribution < 1.29 is 27.2 Å². The second-order valence-corrected chi connectivity index (χ2v) is 7.76. The van der Waals surface area contributed by atoms with Gasteiger partial charge in [0, 0.05) is 17.7 Å². The van der Waals surface area contributed by atoms with Crippen LogP contribution in [-0.2, 0) is 0 Å². The monoisotopic (exact) mass is 470 g/mol. The number of amides is 2. The molecule has 2 atom stereocenters. The van der Waals surface area contributed by atoms with E-state index in [2.05, 4.69) is 5.32 Å². The second-order valence-electron chi connectivity index (χ2n) is 7.76. The van der Waals surface area contributed by atoms with Crippen molar-refractivity contribution in [2.75, 3.05) is 28.6 Å². The van der Waals surface area contributed by atoms with Crippen LogP contribution in [-0.4, -0.2) is 36.7 Å². The molecule has 0 bridgehead atoms. The summed E-state index contributed by atoms with van der Waals surface area (Å²) in [6, 6.07) is 1.52. The van der Waals surface area contributed by atoms with Crippen LogP contribution < -0.4 is 33.6 Å². The highest BCUT2D eigenvalue weighted by atomic mass is 19.3. The SMILES string of the molecule is CC(C)c1cc(C(N)=O)cc(N)c1NCC(F)C(F)C(F)(F)Nc1ccc(C(N)=O)cc1N. The zero-order valence-electron chi connectivity index (χ0n) is 18.0. The number of carbonyl (C=O) groups excluding carboxylic acids is 2. The molecule has 2 unspecified atom stereocenters. The minimum atomic E-state index is -4.34. The first kappa shape index (κ1) is 25.6. The van der Waals surface area contributed by atoms with Gasteiger partial charge < -0.3 is 33.6 Å². The molecule has 180 valence electrons. The summed E-state index contributed by atoms with van der Waals surface area (Å²) in [5.41, 5.74) is 21.9. The van der Waals surface area contributed by atoms with Crippen LogP contribution in [0.25, 0.3) is 0 Å². The zero-order chi connectivity index (χ0) is 25.1. The Morgan fingerprint density at radius 3 is 2.06 bits per heavy atom. The third-order valence-corrected chi connectivity index (χ3v) is 4.88. The maximum absolute atomic E-state index is 14.5. The van der Waals surface area contributed by atoms with Gasteiger partial charge in [0.05, 0.1) is 22.7 Å². The largest absolute Gasteiger partial charge is 0.397 e. The fourth-order valence-corrected chi connectivity index (χ4v) is 3.10. The summed E-state index contributed by atoms with van der Waals surface area (Å²) < 4.78 is 57.6. The van der Waals surface area contributed by atoms with Crippen LogP contribution >= 0.6 is 0 Å². The molecule has 0 saturated carbocycles. The molecule has 12 heteroatoms. The van der Waals surface area contributed by atoms with Gasteiger partial charge >= 0.3 is 6.05 Å². The zero-order valence-corrected chi connectivity index (χ0v) is 18.0. The van der Waals surface area contributed by atoms with Gasteiger partial charge in [-0.05, 0) is 41.8 Å². The van der Waals surface area contributed by atoms with Crippen molar-refractivity contribution in [1.29, 1.82) is 0 Å². The molecule has 33 heavy (non-hydrogen) atoms. The number of primary amides is 2. The highest BCUT2D eigenvalue weighted by Crippen LogP contribution is 2.34. The van der Waals surface area contributed by atoms with Crippen molar-refractivity contribution in [3.05, 3.63) is 47.0 Å². The summed E-state index contributed by atoms with van der Waals surface area (Å²) in [5, 5.41) is 4.11. The van der Waals surface area contributed by atoms with Crippen LogP contribution in [0, 0.1) is 0 Å². The van der Waals surface area contributed by atoms with Crippen LogP contribution in [0.4, 0.5) is 40.3 Å².